The van der Waals surface area contributed by atoms with Crippen molar-refractivity contribution in [3.05, 3.63) is 71.9 Å². The van der Waals surface area contributed by atoms with E-state index in [1.807, 2.05) is 60.8 Å². The third-order valence-corrected chi connectivity index (χ3v) is 4.40. The molecule has 5 nitrogen and oxygen atoms in total. The molecular formula is C21H22N2O3. The molecule has 0 spiro atoms. The maximum Gasteiger partial charge on any atom is 0.328 e. The number of carbonyl (C=O) groups is 2. The van der Waals surface area contributed by atoms with Crippen molar-refractivity contribution in [3.63, 3.8) is 0 Å². The number of hydrogen-bond acceptors (Lipinski definition) is 3. The standard InChI is InChI=1S/C21H22N2O3/c1-26-21(25)19(13-15-7-3-2-4-8-15)23-20(24)12-11-16-14-22-18-10-6-5-9-17(16)18/h2-10,14,19,22H,11-13H2,1H3,(H,23,24)/t19-/m1/s1. The molecule has 1 heterocycles. The summed E-state index contributed by atoms with van der Waals surface area (Å²) in [5, 5.41) is 3.92. The number of para-hydroxylation sites is 1. The lowest BCUT2D eigenvalue weighted by Gasteiger charge is -2.16. The molecule has 0 fully saturated rings. The summed E-state index contributed by atoms with van der Waals surface area (Å²) in [4.78, 5) is 27.6. The Labute approximate surface area is 152 Å². The lowest BCUT2D eigenvalue weighted by Crippen LogP contribution is -2.43. The highest BCUT2D eigenvalue weighted by molar-refractivity contribution is 5.86. The number of esters is 1. The Hall–Kier alpha value is -3.08. The van der Waals surface area contributed by atoms with Gasteiger partial charge in [0.2, 0.25) is 5.91 Å². The number of hydrogen-bond donors (Lipinski definition) is 2. The first kappa shape index (κ1) is 17.7. The van der Waals surface area contributed by atoms with E-state index in [-0.39, 0.29) is 5.91 Å². The molecule has 0 saturated carbocycles. The zero-order chi connectivity index (χ0) is 18.4. The van der Waals surface area contributed by atoms with Crippen molar-refractivity contribution in [1.82, 2.24) is 10.3 Å². The van der Waals surface area contributed by atoms with Gasteiger partial charge >= 0.3 is 5.97 Å². The third kappa shape index (κ3) is 4.30. The Morgan fingerprint density at radius 2 is 1.81 bits per heavy atom. The van der Waals surface area contributed by atoms with Gasteiger partial charge in [-0.2, -0.15) is 0 Å². The fraction of sp³-hybridized carbons (Fsp3) is 0.238. The molecule has 0 bridgehead atoms. The van der Waals surface area contributed by atoms with E-state index < -0.39 is 12.0 Å². The lowest BCUT2D eigenvalue weighted by atomic mass is 10.0. The SMILES string of the molecule is COC(=O)[C@@H](Cc1ccccc1)NC(=O)CCc1c[nH]c2ccccc12. The Morgan fingerprint density at radius 1 is 1.08 bits per heavy atom. The summed E-state index contributed by atoms with van der Waals surface area (Å²) in [5.41, 5.74) is 3.12. The maximum atomic E-state index is 12.4. The molecule has 1 atom stereocenters. The number of amides is 1. The van der Waals surface area contributed by atoms with E-state index in [2.05, 4.69) is 10.3 Å². The second kappa shape index (κ2) is 8.34. The number of aryl methyl sites for hydroxylation is 1. The highest BCUT2D eigenvalue weighted by Crippen LogP contribution is 2.19. The van der Waals surface area contributed by atoms with Crippen molar-refractivity contribution in [2.75, 3.05) is 7.11 Å². The van der Waals surface area contributed by atoms with Gasteiger partial charge in [-0.1, -0.05) is 48.5 Å². The molecule has 3 rings (SSSR count). The van der Waals surface area contributed by atoms with Crippen LogP contribution in [-0.4, -0.2) is 30.0 Å². The van der Waals surface area contributed by atoms with Gasteiger partial charge in [-0.15, -0.1) is 0 Å². The molecule has 0 aliphatic rings. The van der Waals surface area contributed by atoms with Crippen molar-refractivity contribution in [2.24, 2.45) is 0 Å². The average Bonchev–Trinajstić information content (AvgIpc) is 3.09. The first-order valence-corrected chi connectivity index (χ1v) is 8.63. The normalized spacial score (nSPS) is 11.9. The zero-order valence-electron chi connectivity index (χ0n) is 14.7. The van der Waals surface area contributed by atoms with Gasteiger partial charge in [-0.3, -0.25) is 4.79 Å². The quantitative estimate of drug-likeness (QED) is 0.644. The van der Waals surface area contributed by atoms with Crippen LogP contribution in [0.25, 0.3) is 10.9 Å². The molecule has 5 heteroatoms. The number of rotatable bonds is 7. The van der Waals surface area contributed by atoms with Crippen LogP contribution in [0.15, 0.2) is 60.8 Å². The van der Waals surface area contributed by atoms with Gasteiger partial charge in [-0.25, -0.2) is 4.79 Å². The molecular weight excluding hydrogens is 328 g/mol. The van der Waals surface area contributed by atoms with Crippen molar-refractivity contribution in [3.8, 4) is 0 Å². The van der Waals surface area contributed by atoms with Crippen molar-refractivity contribution < 1.29 is 14.3 Å². The number of methoxy groups -OCH3 is 1. The Balaban J connectivity index is 1.61. The number of carbonyl (C=O) groups excluding carboxylic acids is 2. The molecule has 0 aliphatic heterocycles. The number of aromatic nitrogens is 1. The molecule has 1 aromatic heterocycles. The molecule has 2 N–H and O–H groups in total. The molecule has 1 amide bonds. The van der Waals surface area contributed by atoms with Gasteiger partial charge in [0.15, 0.2) is 0 Å². The van der Waals surface area contributed by atoms with Gasteiger partial charge in [0, 0.05) is 29.9 Å². The van der Waals surface area contributed by atoms with E-state index in [0.29, 0.717) is 19.3 Å². The van der Waals surface area contributed by atoms with Crippen LogP contribution in [0.1, 0.15) is 17.5 Å². The van der Waals surface area contributed by atoms with Crippen LogP contribution >= 0.6 is 0 Å². The molecule has 2 aromatic carbocycles. The van der Waals surface area contributed by atoms with E-state index in [4.69, 9.17) is 4.74 Å². The average molecular weight is 350 g/mol. The van der Waals surface area contributed by atoms with Crippen LogP contribution in [0.5, 0.6) is 0 Å². The highest BCUT2D eigenvalue weighted by Gasteiger charge is 2.21. The van der Waals surface area contributed by atoms with Crippen LogP contribution in [0.4, 0.5) is 0 Å². The van der Waals surface area contributed by atoms with Crippen LogP contribution in [0, 0.1) is 0 Å². The summed E-state index contributed by atoms with van der Waals surface area (Å²) in [6.45, 7) is 0. The predicted molar refractivity (Wildman–Crippen MR) is 101 cm³/mol. The number of nitrogens with one attached hydrogen (secondary N) is 2. The van der Waals surface area contributed by atoms with E-state index in [9.17, 15) is 9.59 Å². The van der Waals surface area contributed by atoms with E-state index >= 15 is 0 Å². The molecule has 3 aromatic rings. The minimum Gasteiger partial charge on any atom is -0.467 e. The molecule has 0 radical (unpaired) electrons. The van der Waals surface area contributed by atoms with Crippen LogP contribution < -0.4 is 5.32 Å². The predicted octanol–water partition coefficient (Wildman–Crippen LogP) is 3.00. The van der Waals surface area contributed by atoms with Crippen LogP contribution in [-0.2, 0) is 27.2 Å². The number of aromatic amines is 1. The van der Waals surface area contributed by atoms with Gasteiger partial charge in [0.25, 0.3) is 0 Å². The van der Waals surface area contributed by atoms with Gasteiger partial charge in [0.05, 0.1) is 7.11 Å². The summed E-state index contributed by atoms with van der Waals surface area (Å²) >= 11 is 0. The fourth-order valence-electron chi connectivity index (χ4n) is 3.04. The maximum absolute atomic E-state index is 12.4. The van der Waals surface area contributed by atoms with E-state index in [0.717, 1.165) is 22.0 Å². The molecule has 134 valence electrons. The first-order chi connectivity index (χ1) is 12.7. The van der Waals surface area contributed by atoms with Crippen molar-refractivity contribution in [1.29, 1.82) is 0 Å². The second-order valence-electron chi connectivity index (χ2n) is 6.19. The summed E-state index contributed by atoms with van der Waals surface area (Å²) in [6.07, 6.45) is 3.26. The number of H-pyrrole nitrogens is 1. The number of ether oxygens (including phenoxy) is 1. The minimum atomic E-state index is -0.683. The molecule has 0 aliphatic carbocycles. The van der Waals surface area contributed by atoms with Crippen molar-refractivity contribution >= 4 is 22.8 Å². The summed E-state index contributed by atoms with van der Waals surface area (Å²) in [5.74, 6) is -0.601. The Morgan fingerprint density at radius 3 is 2.58 bits per heavy atom. The number of benzene rings is 2. The third-order valence-electron chi connectivity index (χ3n) is 4.40. The first-order valence-electron chi connectivity index (χ1n) is 8.63. The summed E-state index contributed by atoms with van der Waals surface area (Å²) in [6, 6.07) is 16.9. The van der Waals surface area contributed by atoms with Gasteiger partial charge < -0.3 is 15.0 Å². The van der Waals surface area contributed by atoms with Crippen LogP contribution in [0.3, 0.4) is 0 Å². The smallest absolute Gasteiger partial charge is 0.328 e. The molecule has 0 saturated heterocycles. The summed E-state index contributed by atoms with van der Waals surface area (Å²) < 4.78 is 4.83. The molecule has 0 unspecified atom stereocenters. The van der Waals surface area contributed by atoms with Gasteiger partial charge in [-0.05, 0) is 23.6 Å². The van der Waals surface area contributed by atoms with Crippen LogP contribution in [0.2, 0.25) is 0 Å². The van der Waals surface area contributed by atoms with Gasteiger partial charge in [0.1, 0.15) is 6.04 Å². The number of fused-ring (bicyclic) bond motifs is 1. The summed E-state index contributed by atoms with van der Waals surface area (Å²) in [7, 11) is 1.33. The monoisotopic (exact) mass is 350 g/mol. The highest BCUT2D eigenvalue weighted by atomic mass is 16.5. The largest absolute Gasteiger partial charge is 0.467 e. The van der Waals surface area contributed by atoms with E-state index in [1.54, 1.807) is 0 Å². The lowest BCUT2D eigenvalue weighted by molar-refractivity contribution is -0.145. The zero-order valence-corrected chi connectivity index (χ0v) is 14.7. The minimum absolute atomic E-state index is 0.165. The fourth-order valence-corrected chi connectivity index (χ4v) is 3.04. The van der Waals surface area contributed by atoms with Crippen molar-refractivity contribution in [2.45, 2.75) is 25.3 Å². The molecule has 26 heavy (non-hydrogen) atoms. The Kier molecular flexibility index (Phi) is 5.69. The van der Waals surface area contributed by atoms with E-state index in [1.165, 1.54) is 7.11 Å². The topological polar surface area (TPSA) is 71.2 Å². The second-order valence-corrected chi connectivity index (χ2v) is 6.19. The Bertz CT molecular complexity index is 886.